The number of hydrogen-bond acceptors (Lipinski definition) is 1. The molecule has 0 heterocycles. The molecule has 0 saturated heterocycles. The molecule has 0 aromatic heterocycles. The molecule has 2 fully saturated rings. The molecule has 0 amide bonds. The van der Waals surface area contributed by atoms with Gasteiger partial charge in [0.1, 0.15) is 0 Å². The van der Waals surface area contributed by atoms with Crippen LogP contribution < -0.4 is 0 Å². The van der Waals surface area contributed by atoms with Gasteiger partial charge in [0.05, 0.1) is 12.2 Å². The molecule has 3 rings (SSSR count). The van der Waals surface area contributed by atoms with Crippen LogP contribution in [-0.4, -0.2) is 10.5 Å². The second-order valence-electron chi connectivity index (χ2n) is 7.43. The summed E-state index contributed by atoms with van der Waals surface area (Å²) in [4.78, 5) is 0. The molecular weight excluding hydrogens is 439 g/mol. The van der Waals surface area contributed by atoms with Crippen LogP contribution in [0.3, 0.4) is 0 Å². The lowest BCUT2D eigenvalue weighted by molar-refractivity contribution is -0.0792. The van der Waals surface area contributed by atoms with E-state index in [0.717, 1.165) is 14.8 Å². The lowest BCUT2D eigenvalue weighted by atomic mass is 9.70. The highest BCUT2D eigenvalue weighted by atomic mass is 127. The van der Waals surface area contributed by atoms with E-state index in [1.807, 2.05) is 0 Å². The Morgan fingerprint density at radius 2 is 2.14 bits per heavy atom. The van der Waals surface area contributed by atoms with Crippen molar-refractivity contribution >= 4 is 38.5 Å². The van der Waals surface area contributed by atoms with Crippen molar-refractivity contribution < 1.29 is 4.74 Å². The van der Waals surface area contributed by atoms with Gasteiger partial charge >= 0.3 is 0 Å². The van der Waals surface area contributed by atoms with Gasteiger partial charge in [-0.1, -0.05) is 71.4 Å². The van der Waals surface area contributed by atoms with Crippen molar-refractivity contribution in [3.63, 3.8) is 0 Å². The standard InChI is InChI=1S/C18H24BrIO/c1-17(2)13-7-8-18(17,3)16(10-13)21-15(11-20)12-5-4-6-14(19)9-12/h4-6,9,13,15-16H,7-8,10-11H2,1-3H3. The highest BCUT2D eigenvalue weighted by molar-refractivity contribution is 14.1. The molecule has 116 valence electrons. The van der Waals surface area contributed by atoms with Gasteiger partial charge in [0.2, 0.25) is 0 Å². The zero-order valence-corrected chi connectivity index (χ0v) is 16.8. The maximum Gasteiger partial charge on any atom is 0.0918 e. The predicted molar refractivity (Wildman–Crippen MR) is 99.9 cm³/mol. The van der Waals surface area contributed by atoms with E-state index in [2.05, 4.69) is 83.6 Å². The van der Waals surface area contributed by atoms with E-state index in [4.69, 9.17) is 4.74 Å². The Hall–Kier alpha value is 0.390. The lowest BCUT2D eigenvalue weighted by Crippen LogP contribution is -2.38. The van der Waals surface area contributed by atoms with E-state index in [9.17, 15) is 0 Å². The summed E-state index contributed by atoms with van der Waals surface area (Å²) >= 11 is 6.03. The number of hydrogen-bond donors (Lipinski definition) is 0. The van der Waals surface area contributed by atoms with Crippen molar-refractivity contribution in [2.24, 2.45) is 16.7 Å². The highest BCUT2D eigenvalue weighted by Gasteiger charge is 2.62. The summed E-state index contributed by atoms with van der Waals surface area (Å²) in [7, 11) is 0. The van der Waals surface area contributed by atoms with Crippen LogP contribution >= 0.6 is 38.5 Å². The predicted octanol–water partition coefficient (Wildman–Crippen LogP) is 6.16. The Kier molecular flexibility index (Phi) is 4.48. The molecule has 1 nitrogen and oxygen atoms in total. The third-order valence-electron chi connectivity index (χ3n) is 6.40. The first-order valence-corrected chi connectivity index (χ1v) is 10.2. The zero-order chi connectivity index (χ0) is 15.3. The summed E-state index contributed by atoms with van der Waals surface area (Å²) in [6.45, 7) is 7.36. The molecule has 4 unspecified atom stereocenters. The van der Waals surface area contributed by atoms with Crippen molar-refractivity contribution in [2.45, 2.75) is 52.2 Å². The van der Waals surface area contributed by atoms with Gasteiger partial charge in [-0.2, -0.15) is 0 Å². The number of alkyl halides is 1. The molecule has 0 aliphatic heterocycles. The van der Waals surface area contributed by atoms with E-state index < -0.39 is 0 Å². The Labute approximate surface area is 150 Å². The van der Waals surface area contributed by atoms with Crippen LogP contribution in [0.4, 0.5) is 0 Å². The van der Waals surface area contributed by atoms with Crippen molar-refractivity contribution in [1.82, 2.24) is 0 Å². The van der Waals surface area contributed by atoms with E-state index in [0.29, 0.717) is 16.9 Å². The molecule has 2 bridgehead atoms. The molecule has 3 heteroatoms. The van der Waals surface area contributed by atoms with Crippen molar-refractivity contribution in [2.75, 3.05) is 4.43 Å². The maximum absolute atomic E-state index is 6.65. The Morgan fingerprint density at radius 1 is 1.38 bits per heavy atom. The Bertz CT molecular complexity index is 530. The fourth-order valence-corrected chi connectivity index (χ4v) is 5.58. The van der Waals surface area contributed by atoms with Crippen molar-refractivity contribution in [3.8, 4) is 0 Å². The number of rotatable bonds is 4. The summed E-state index contributed by atoms with van der Waals surface area (Å²) in [5, 5.41) is 0. The molecule has 4 atom stereocenters. The smallest absolute Gasteiger partial charge is 0.0918 e. The third-order valence-corrected chi connectivity index (χ3v) is 7.70. The number of ether oxygens (including phenoxy) is 1. The molecule has 21 heavy (non-hydrogen) atoms. The van der Waals surface area contributed by atoms with Crippen molar-refractivity contribution in [1.29, 1.82) is 0 Å². The molecule has 0 N–H and O–H groups in total. The Balaban J connectivity index is 1.80. The van der Waals surface area contributed by atoms with Crippen LogP contribution in [0.5, 0.6) is 0 Å². The topological polar surface area (TPSA) is 9.23 Å². The second-order valence-corrected chi connectivity index (χ2v) is 9.23. The van der Waals surface area contributed by atoms with E-state index in [1.165, 1.54) is 24.8 Å². The van der Waals surface area contributed by atoms with Crippen LogP contribution in [0.1, 0.15) is 51.7 Å². The second kappa shape index (κ2) is 5.79. The van der Waals surface area contributed by atoms with E-state index >= 15 is 0 Å². The third kappa shape index (κ3) is 2.61. The molecule has 2 aliphatic rings. The first-order valence-electron chi connectivity index (χ1n) is 7.85. The lowest BCUT2D eigenvalue weighted by Gasteiger charge is -2.40. The van der Waals surface area contributed by atoms with Gasteiger partial charge < -0.3 is 4.74 Å². The average Bonchev–Trinajstić information content (AvgIpc) is 2.77. The number of halogens is 2. The van der Waals surface area contributed by atoms with Gasteiger partial charge in [-0.3, -0.25) is 0 Å². The summed E-state index contributed by atoms with van der Waals surface area (Å²) in [5.41, 5.74) is 2.06. The van der Waals surface area contributed by atoms with Gasteiger partial charge in [-0.15, -0.1) is 0 Å². The first kappa shape index (κ1) is 16.3. The minimum atomic E-state index is 0.208. The van der Waals surface area contributed by atoms with Crippen LogP contribution in [0, 0.1) is 16.7 Å². The van der Waals surface area contributed by atoms with Gasteiger partial charge in [0.25, 0.3) is 0 Å². The Morgan fingerprint density at radius 3 is 2.67 bits per heavy atom. The summed E-state index contributed by atoms with van der Waals surface area (Å²) in [6.07, 6.45) is 4.56. The van der Waals surface area contributed by atoms with Gasteiger partial charge in [0.15, 0.2) is 0 Å². The molecule has 2 saturated carbocycles. The molecular formula is C18H24BrIO. The van der Waals surface area contributed by atoms with Crippen molar-refractivity contribution in [3.05, 3.63) is 34.3 Å². The normalized spacial score (nSPS) is 35.1. The van der Waals surface area contributed by atoms with Gasteiger partial charge in [0, 0.05) is 8.90 Å². The SMILES string of the molecule is CC1(C)C2CCC1(C)C(OC(CI)c1cccc(Br)c1)C2. The summed E-state index contributed by atoms with van der Waals surface area (Å²) in [5.74, 6) is 0.838. The highest BCUT2D eigenvalue weighted by Crippen LogP contribution is 2.66. The summed E-state index contributed by atoms with van der Waals surface area (Å²) < 4.78 is 8.79. The minimum Gasteiger partial charge on any atom is -0.369 e. The molecule has 0 spiro atoms. The average molecular weight is 463 g/mol. The zero-order valence-electron chi connectivity index (χ0n) is 13.0. The fourth-order valence-electron chi connectivity index (χ4n) is 4.45. The van der Waals surface area contributed by atoms with Gasteiger partial charge in [-0.05, 0) is 53.7 Å². The van der Waals surface area contributed by atoms with Crippen LogP contribution in [0.25, 0.3) is 0 Å². The maximum atomic E-state index is 6.65. The largest absolute Gasteiger partial charge is 0.369 e. The van der Waals surface area contributed by atoms with Crippen LogP contribution in [0.15, 0.2) is 28.7 Å². The summed E-state index contributed by atoms with van der Waals surface area (Å²) in [6, 6.07) is 8.57. The molecule has 1 aromatic carbocycles. The van der Waals surface area contributed by atoms with Crippen LogP contribution in [-0.2, 0) is 4.74 Å². The number of benzene rings is 1. The molecule has 0 radical (unpaired) electrons. The van der Waals surface area contributed by atoms with E-state index in [-0.39, 0.29) is 6.10 Å². The molecule has 1 aromatic rings. The van der Waals surface area contributed by atoms with E-state index in [1.54, 1.807) is 0 Å². The quantitative estimate of drug-likeness (QED) is 0.384. The minimum absolute atomic E-state index is 0.208. The van der Waals surface area contributed by atoms with Crippen LogP contribution in [0.2, 0.25) is 0 Å². The fraction of sp³-hybridized carbons (Fsp3) is 0.667. The van der Waals surface area contributed by atoms with Gasteiger partial charge in [-0.25, -0.2) is 0 Å². The first-order chi connectivity index (χ1) is 9.88. The number of fused-ring (bicyclic) bond motifs is 2. The monoisotopic (exact) mass is 462 g/mol. The molecule has 2 aliphatic carbocycles.